The second-order valence-corrected chi connectivity index (χ2v) is 7.79. The number of nitriles is 1. The van der Waals surface area contributed by atoms with Crippen LogP contribution in [-0.2, 0) is 0 Å². The number of halogens is 2. The first-order valence-electron chi connectivity index (χ1n) is 8.86. The Balaban J connectivity index is 2.52. The Morgan fingerprint density at radius 1 is 1.22 bits per heavy atom. The molecule has 2 aromatic carbocycles. The molecule has 0 aliphatic heterocycles. The molecule has 0 aromatic heterocycles. The van der Waals surface area contributed by atoms with Gasteiger partial charge in [-0.1, -0.05) is 51.9 Å². The third-order valence-corrected chi connectivity index (χ3v) is 5.75. The van der Waals surface area contributed by atoms with Crippen LogP contribution in [0.3, 0.4) is 0 Å². The quantitative estimate of drug-likeness (QED) is 0.276. The van der Waals surface area contributed by atoms with E-state index in [1.54, 1.807) is 6.07 Å². The van der Waals surface area contributed by atoms with Crippen molar-refractivity contribution in [3.8, 4) is 17.2 Å². The molecular formula is C22H23Cl2N2P. The Bertz CT molecular complexity index is 940. The minimum atomic E-state index is 0.500. The maximum absolute atomic E-state index is 9.46. The Labute approximate surface area is 174 Å². The smallest absolute Gasteiger partial charge is 0.0992 e. The summed E-state index contributed by atoms with van der Waals surface area (Å²) in [4.78, 5) is 4.60. The van der Waals surface area contributed by atoms with Crippen molar-refractivity contribution in [2.75, 3.05) is 6.54 Å². The molecule has 0 spiro atoms. The Morgan fingerprint density at radius 2 is 1.96 bits per heavy atom. The normalized spacial score (nSPS) is 12.2. The molecular weight excluding hydrogens is 394 g/mol. The van der Waals surface area contributed by atoms with Gasteiger partial charge in [0.2, 0.25) is 0 Å². The van der Waals surface area contributed by atoms with Crippen molar-refractivity contribution in [3.05, 3.63) is 62.6 Å². The van der Waals surface area contributed by atoms with E-state index in [1.807, 2.05) is 31.2 Å². The number of benzene rings is 2. The fourth-order valence-electron chi connectivity index (χ4n) is 2.70. The molecule has 0 fully saturated rings. The first kappa shape index (κ1) is 21.6. The molecule has 0 bridgehead atoms. The highest BCUT2D eigenvalue weighted by atomic mass is 35.5. The molecule has 0 N–H and O–H groups in total. The third kappa shape index (κ3) is 5.66. The van der Waals surface area contributed by atoms with Gasteiger partial charge in [0, 0.05) is 6.54 Å². The predicted octanol–water partition coefficient (Wildman–Crippen LogP) is 7.32. The number of unbranched alkanes of at least 4 members (excludes halogenated alkanes) is 1. The SMILES string of the molecule is CCCCN=C(P)/C(C)=C/c1cc(C#N)cc(-c2ccc(Cl)c(Cl)c2)c1C. The molecule has 5 heteroatoms. The highest BCUT2D eigenvalue weighted by Gasteiger charge is 2.10. The van der Waals surface area contributed by atoms with Crippen molar-refractivity contribution in [2.24, 2.45) is 4.99 Å². The highest BCUT2D eigenvalue weighted by Crippen LogP contribution is 2.33. The van der Waals surface area contributed by atoms with Gasteiger partial charge in [0.15, 0.2) is 0 Å². The summed E-state index contributed by atoms with van der Waals surface area (Å²) in [5, 5.41) is 10.5. The van der Waals surface area contributed by atoms with Crippen LogP contribution >= 0.6 is 32.4 Å². The van der Waals surface area contributed by atoms with Crippen LogP contribution in [-0.4, -0.2) is 12.0 Å². The van der Waals surface area contributed by atoms with Crippen molar-refractivity contribution in [1.82, 2.24) is 0 Å². The standard InChI is InChI=1S/C22H23Cl2N2P/c1-4-5-8-26-22(27)14(2)9-18-10-16(13-25)11-19(15(18)3)17-6-7-20(23)21(24)12-17/h6-7,9-12H,4-5,8,27H2,1-3H3/b14-9+,26-22?. The van der Waals surface area contributed by atoms with Gasteiger partial charge in [0.25, 0.3) is 0 Å². The molecule has 0 aliphatic rings. The van der Waals surface area contributed by atoms with E-state index < -0.39 is 0 Å². The van der Waals surface area contributed by atoms with E-state index in [0.717, 1.165) is 52.7 Å². The highest BCUT2D eigenvalue weighted by molar-refractivity contribution is 7.42. The number of aliphatic imine (C=N–C) groups is 1. The lowest BCUT2D eigenvalue weighted by molar-refractivity contribution is 0.809. The van der Waals surface area contributed by atoms with Gasteiger partial charge in [-0.25, -0.2) is 0 Å². The Hall–Kier alpha value is -1.65. The van der Waals surface area contributed by atoms with Gasteiger partial charge in [-0.2, -0.15) is 5.26 Å². The van der Waals surface area contributed by atoms with Crippen LogP contribution in [0.2, 0.25) is 10.0 Å². The molecule has 0 saturated carbocycles. The number of hydrogen-bond acceptors (Lipinski definition) is 2. The largest absolute Gasteiger partial charge is 0.285 e. The van der Waals surface area contributed by atoms with Crippen LogP contribution in [0.25, 0.3) is 17.2 Å². The molecule has 2 aromatic rings. The first-order valence-corrected chi connectivity index (χ1v) is 10.2. The molecule has 27 heavy (non-hydrogen) atoms. The maximum atomic E-state index is 9.46. The Morgan fingerprint density at radius 3 is 2.59 bits per heavy atom. The molecule has 2 nitrogen and oxygen atoms in total. The zero-order valence-corrected chi connectivity index (χ0v) is 18.5. The summed E-state index contributed by atoms with van der Waals surface area (Å²) >= 11 is 12.2. The van der Waals surface area contributed by atoms with Crippen molar-refractivity contribution >= 4 is 44.0 Å². The molecule has 1 unspecified atom stereocenters. The van der Waals surface area contributed by atoms with E-state index in [4.69, 9.17) is 23.2 Å². The summed E-state index contributed by atoms with van der Waals surface area (Å²) in [6.45, 7) is 7.07. The van der Waals surface area contributed by atoms with Gasteiger partial charge in [-0.05, 0) is 78.4 Å². The summed E-state index contributed by atoms with van der Waals surface area (Å²) in [6, 6.07) is 11.6. The topological polar surface area (TPSA) is 36.1 Å². The number of allylic oxidation sites excluding steroid dienone is 1. The van der Waals surface area contributed by atoms with E-state index in [-0.39, 0.29) is 0 Å². The van der Waals surface area contributed by atoms with Crippen LogP contribution in [0.5, 0.6) is 0 Å². The molecule has 0 heterocycles. The summed E-state index contributed by atoms with van der Waals surface area (Å²) in [7, 11) is 2.71. The predicted molar refractivity (Wildman–Crippen MR) is 122 cm³/mol. The van der Waals surface area contributed by atoms with Crippen LogP contribution < -0.4 is 0 Å². The lowest BCUT2D eigenvalue weighted by Gasteiger charge is -2.12. The monoisotopic (exact) mass is 416 g/mol. The second-order valence-electron chi connectivity index (χ2n) is 6.43. The van der Waals surface area contributed by atoms with E-state index in [1.165, 1.54) is 0 Å². The maximum Gasteiger partial charge on any atom is 0.0992 e. The van der Waals surface area contributed by atoms with Crippen molar-refractivity contribution in [3.63, 3.8) is 0 Å². The Kier molecular flexibility index (Phi) is 8.06. The third-order valence-electron chi connectivity index (χ3n) is 4.38. The van der Waals surface area contributed by atoms with Crippen LogP contribution in [0.15, 0.2) is 40.9 Å². The van der Waals surface area contributed by atoms with Crippen LogP contribution in [0.4, 0.5) is 0 Å². The zero-order chi connectivity index (χ0) is 20.0. The van der Waals surface area contributed by atoms with Crippen LogP contribution in [0, 0.1) is 18.3 Å². The van der Waals surface area contributed by atoms with Gasteiger partial charge in [0.05, 0.1) is 27.1 Å². The molecule has 140 valence electrons. The number of nitrogens with zero attached hydrogens (tertiary/aromatic N) is 2. The molecule has 0 radical (unpaired) electrons. The van der Waals surface area contributed by atoms with Crippen molar-refractivity contribution < 1.29 is 0 Å². The summed E-state index contributed by atoms with van der Waals surface area (Å²) < 4.78 is 0. The summed E-state index contributed by atoms with van der Waals surface area (Å²) in [5.41, 5.74) is 6.61. The number of rotatable bonds is 6. The van der Waals surface area contributed by atoms with Gasteiger partial charge < -0.3 is 0 Å². The average molecular weight is 417 g/mol. The zero-order valence-electron chi connectivity index (χ0n) is 15.8. The lowest BCUT2D eigenvalue weighted by atomic mass is 9.93. The molecule has 2 rings (SSSR count). The van der Waals surface area contributed by atoms with Gasteiger partial charge in [-0.3, -0.25) is 4.99 Å². The van der Waals surface area contributed by atoms with Gasteiger partial charge in [0.1, 0.15) is 0 Å². The summed E-state index contributed by atoms with van der Waals surface area (Å²) in [6.07, 6.45) is 4.28. The van der Waals surface area contributed by atoms with Gasteiger partial charge >= 0.3 is 0 Å². The first-order chi connectivity index (χ1) is 12.9. The molecule has 0 saturated heterocycles. The van der Waals surface area contributed by atoms with Crippen LogP contribution in [0.1, 0.15) is 43.4 Å². The number of hydrogen-bond donors (Lipinski definition) is 0. The minimum Gasteiger partial charge on any atom is -0.285 e. The minimum absolute atomic E-state index is 0.500. The molecule has 0 amide bonds. The second kappa shape index (κ2) is 10.0. The molecule has 1 atom stereocenters. The van der Waals surface area contributed by atoms with E-state index >= 15 is 0 Å². The van der Waals surface area contributed by atoms with Gasteiger partial charge in [-0.15, -0.1) is 0 Å². The van der Waals surface area contributed by atoms with Crippen molar-refractivity contribution in [1.29, 1.82) is 5.26 Å². The van der Waals surface area contributed by atoms with E-state index in [2.05, 4.69) is 40.2 Å². The average Bonchev–Trinajstić information content (AvgIpc) is 2.65. The van der Waals surface area contributed by atoms with E-state index in [0.29, 0.717) is 15.6 Å². The lowest BCUT2D eigenvalue weighted by Crippen LogP contribution is -1.95. The van der Waals surface area contributed by atoms with E-state index in [9.17, 15) is 5.26 Å². The van der Waals surface area contributed by atoms with Crippen molar-refractivity contribution in [2.45, 2.75) is 33.6 Å². The fourth-order valence-corrected chi connectivity index (χ4v) is 3.21. The fraction of sp³-hybridized carbons (Fsp3) is 0.273. The molecule has 0 aliphatic carbocycles. The summed E-state index contributed by atoms with van der Waals surface area (Å²) in [5.74, 6) is 0.